The maximum atomic E-state index is 5.65. The van der Waals surface area contributed by atoms with Gasteiger partial charge in [-0.05, 0) is 19.8 Å². The Labute approximate surface area is 159 Å². The van der Waals surface area contributed by atoms with Crippen molar-refractivity contribution in [2.75, 3.05) is 32.8 Å². The smallest absolute Gasteiger partial charge is 0.194 e. The van der Waals surface area contributed by atoms with Crippen molar-refractivity contribution in [1.29, 1.82) is 0 Å². The second-order valence-electron chi connectivity index (χ2n) is 7.15. The van der Waals surface area contributed by atoms with Crippen molar-refractivity contribution in [3.05, 3.63) is 41.4 Å². The normalized spacial score (nSPS) is 23.1. The summed E-state index contributed by atoms with van der Waals surface area (Å²) in [4.78, 5) is 12.0. The van der Waals surface area contributed by atoms with Gasteiger partial charge in [0.1, 0.15) is 5.01 Å². The van der Waals surface area contributed by atoms with Crippen LogP contribution in [0.2, 0.25) is 0 Å². The molecule has 1 atom stereocenters. The van der Waals surface area contributed by atoms with Crippen LogP contribution in [0.25, 0.3) is 10.6 Å². The lowest BCUT2D eigenvalue weighted by atomic mass is 9.87. The van der Waals surface area contributed by atoms with Crippen LogP contribution in [0.4, 0.5) is 0 Å². The molecule has 26 heavy (non-hydrogen) atoms. The van der Waals surface area contributed by atoms with Gasteiger partial charge in [-0.2, -0.15) is 0 Å². The Balaban J connectivity index is 1.44. The molecule has 1 aromatic heterocycles. The van der Waals surface area contributed by atoms with Crippen LogP contribution in [0.5, 0.6) is 0 Å². The Morgan fingerprint density at radius 1 is 1.35 bits per heavy atom. The highest BCUT2D eigenvalue weighted by atomic mass is 32.1. The number of nitrogens with one attached hydrogen (secondary N) is 1. The van der Waals surface area contributed by atoms with Crippen LogP contribution >= 0.6 is 11.3 Å². The summed E-state index contributed by atoms with van der Waals surface area (Å²) in [5.41, 5.74) is 2.54. The maximum absolute atomic E-state index is 5.65. The van der Waals surface area contributed by atoms with Gasteiger partial charge in [0.05, 0.1) is 18.8 Å². The fraction of sp³-hybridized carbons (Fsp3) is 0.500. The average molecular weight is 371 g/mol. The number of aromatic nitrogens is 1. The van der Waals surface area contributed by atoms with Crippen molar-refractivity contribution in [2.24, 2.45) is 10.4 Å². The molecule has 1 spiro atoms. The third kappa shape index (κ3) is 3.76. The number of hydrogen-bond donors (Lipinski definition) is 1. The number of likely N-dealkylation sites (tertiary alicyclic amines) is 1. The molecule has 0 radical (unpaired) electrons. The second kappa shape index (κ2) is 7.76. The van der Waals surface area contributed by atoms with E-state index in [0.29, 0.717) is 12.0 Å². The number of guanidine groups is 1. The van der Waals surface area contributed by atoms with Gasteiger partial charge in [0.2, 0.25) is 0 Å². The van der Waals surface area contributed by atoms with Gasteiger partial charge >= 0.3 is 0 Å². The van der Waals surface area contributed by atoms with E-state index in [2.05, 4.69) is 34.7 Å². The van der Waals surface area contributed by atoms with Crippen molar-refractivity contribution in [2.45, 2.75) is 26.3 Å². The van der Waals surface area contributed by atoms with Crippen molar-refractivity contribution in [3.8, 4) is 10.6 Å². The lowest BCUT2D eigenvalue weighted by Gasteiger charge is -2.24. The van der Waals surface area contributed by atoms with Gasteiger partial charge in [0.15, 0.2) is 5.96 Å². The van der Waals surface area contributed by atoms with E-state index in [9.17, 15) is 0 Å². The van der Waals surface area contributed by atoms with Crippen molar-refractivity contribution in [3.63, 3.8) is 0 Å². The zero-order valence-electron chi connectivity index (χ0n) is 15.3. The summed E-state index contributed by atoms with van der Waals surface area (Å²) < 4.78 is 5.65. The number of rotatable bonds is 4. The van der Waals surface area contributed by atoms with E-state index in [4.69, 9.17) is 14.7 Å². The SMILES string of the molecule is CCNC(=NCc1csc(-c2ccccc2)n1)N1CCC2(CCOC2)C1. The highest BCUT2D eigenvalue weighted by Gasteiger charge is 2.42. The first-order valence-corrected chi connectivity index (χ1v) is 10.3. The summed E-state index contributed by atoms with van der Waals surface area (Å²) in [6.45, 7) is 7.53. The number of benzene rings is 1. The van der Waals surface area contributed by atoms with E-state index in [1.807, 2.05) is 18.2 Å². The van der Waals surface area contributed by atoms with Crippen LogP contribution in [0.3, 0.4) is 0 Å². The van der Waals surface area contributed by atoms with E-state index in [1.54, 1.807) is 11.3 Å². The molecule has 0 bridgehead atoms. The minimum absolute atomic E-state index is 0.345. The molecule has 2 fully saturated rings. The van der Waals surface area contributed by atoms with E-state index >= 15 is 0 Å². The zero-order valence-corrected chi connectivity index (χ0v) is 16.1. The largest absolute Gasteiger partial charge is 0.381 e. The van der Waals surface area contributed by atoms with Gasteiger partial charge in [-0.15, -0.1) is 11.3 Å². The summed E-state index contributed by atoms with van der Waals surface area (Å²) in [5.74, 6) is 1.01. The Morgan fingerprint density at radius 3 is 3.00 bits per heavy atom. The summed E-state index contributed by atoms with van der Waals surface area (Å²) >= 11 is 1.68. The quantitative estimate of drug-likeness (QED) is 0.662. The number of nitrogens with zero attached hydrogens (tertiary/aromatic N) is 3. The molecule has 138 valence electrons. The first-order chi connectivity index (χ1) is 12.8. The number of hydrogen-bond acceptors (Lipinski definition) is 4. The van der Waals surface area contributed by atoms with Crippen molar-refractivity contribution < 1.29 is 4.74 Å². The first-order valence-electron chi connectivity index (χ1n) is 9.39. The van der Waals surface area contributed by atoms with Crippen LogP contribution in [-0.4, -0.2) is 48.7 Å². The molecule has 1 N–H and O–H groups in total. The van der Waals surface area contributed by atoms with E-state index in [1.165, 1.54) is 18.4 Å². The lowest BCUT2D eigenvalue weighted by Crippen LogP contribution is -2.41. The zero-order chi connectivity index (χ0) is 17.8. The van der Waals surface area contributed by atoms with Gasteiger partial charge in [-0.1, -0.05) is 30.3 Å². The van der Waals surface area contributed by atoms with Crippen LogP contribution in [-0.2, 0) is 11.3 Å². The van der Waals surface area contributed by atoms with Gasteiger partial charge in [-0.25, -0.2) is 9.98 Å². The molecule has 2 aliphatic heterocycles. The molecule has 1 aromatic carbocycles. The Hall–Kier alpha value is -1.92. The fourth-order valence-corrected chi connectivity index (χ4v) is 4.58. The number of ether oxygens (including phenoxy) is 1. The number of aliphatic imine (C=N–C) groups is 1. The monoisotopic (exact) mass is 370 g/mol. The second-order valence-corrected chi connectivity index (χ2v) is 8.01. The van der Waals surface area contributed by atoms with Gasteiger partial charge in [-0.3, -0.25) is 0 Å². The fourth-order valence-electron chi connectivity index (χ4n) is 3.76. The lowest BCUT2D eigenvalue weighted by molar-refractivity contribution is 0.156. The summed E-state index contributed by atoms with van der Waals surface area (Å²) in [6, 6.07) is 10.3. The van der Waals surface area contributed by atoms with Gasteiger partial charge in [0, 0.05) is 42.6 Å². The van der Waals surface area contributed by atoms with Crippen molar-refractivity contribution in [1.82, 2.24) is 15.2 Å². The van der Waals surface area contributed by atoms with Crippen molar-refractivity contribution >= 4 is 17.3 Å². The summed E-state index contributed by atoms with van der Waals surface area (Å²) in [7, 11) is 0. The molecule has 0 saturated carbocycles. The maximum Gasteiger partial charge on any atom is 0.194 e. The van der Waals surface area contributed by atoms with Crippen LogP contribution < -0.4 is 5.32 Å². The third-order valence-electron chi connectivity index (χ3n) is 5.22. The van der Waals surface area contributed by atoms with Gasteiger partial charge in [0.25, 0.3) is 0 Å². The minimum atomic E-state index is 0.345. The highest BCUT2D eigenvalue weighted by molar-refractivity contribution is 7.13. The minimum Gasteiger partial charge on any atom is -0.381 e. The molecule has 4 rings (SSSR count). The topological polar surface area (TPSA) is 49.8 Å². The average Bonchev–Trinajstić information content (AvgIpc) is 3.42. The molecule has 5 nitrogen and oxygen atoms in total. The molecule has 0 aliphatic carbocycles. The molecule has 6 heteroatoms. The van der Waals surface area contributed by atoms with Crippen LogP contribution in [0.15, 0.2) is 40.7 Å². The predicted molar refractivity (Wildman–Crippen MR) is 106 cm³/mol. The molecule has 3 heterocycles. The van der Waals surface area contributed by atoms with Crippen LogP contribution in [0.1, 0.15) is 25.5 Å². The Morgan fingerprint density at radius 2 is 2.23 bits per heavy atom. The predicted octanol–water partition coefficient (Wildman–Crippen LogP) is 3.39. The molecule has 2 saturated heterocycles. The molecular weight excluding hydrogens is 344 g/mol. The Kier molecular flexibility index (Phi) is 5.22. The molecule has 0 amide bonds. The summed E-state index contributed by atoms with van der Waals surface area (Å²) in [6.07, 6.45) is 2.38. The Bertz CT molecular complexity index is 752. The number of thiazole rings is 1. The van der Waals surface area contributed by atoms with Crippen LogP contribution in [0, 0.1) is 5.41 Å². The van der Waals surface area contributed by atoms with E-state index in [0.717, 1.165) is 49.5 Å². The van der Waals surface area contributed by atoms with Gasteiger partial charge < -0.3 is 15.0 Å². The molecular formula is C20H26N4OS. The molecule has 1 unspecified atom stereocenters. The standard InChI is InChI=1S/C20H26N4OS/c1-2-21-19(24-10-8-20(14-24)9-11-25-15-20)22-12-17-13-26-18(23-17)16-6-4-3-5-7-16/h3-7,13H,2,8-12,14-15H2,1H3,(H,21,22). The summed E-state index contributed by atoms with van der Waals surface area (Å²) in [5, 5.41) is 6.63. The molecule has 2 aliphatic rings. The van der Waals surface area contributed by atoms with E-state index < -0.39 is 0 Å². The molecule has 2 aromatic rings. The van der Waals surface area contributed by atoms with E-state index in [-0.39, 0.29) is 0 Å². The third-order valence-corrected chi connectivity index (χ3v) is 6.16. The first kappa shape index (κ1) is 17.5. The highest BCUT2D eigenvalue weighted by Crippen LogP contribution is 2.38.